The minimum atomic E-state index is -0.336. The van der Waals surface area contributed by atoms with Gasteiger partial charge in [0.25, 0.3) is 5.91 Å². The maximum Gasteiger partial charge on any atom is 0.269 e. The van der Waals surface area contributed by atoms with E-state index in [0.29, 0.717) is 22.2 Å². The molecule has 3 aromatic heterocycles. The van der Waals surface area contributed by atoms with E-state index >= 15 is 0 Å². The van der Waals surface area contributed by atoms with E-state index < -0.39 is 0 Å². The third-order valence-electron chi connectivity index (χ3n) is 6.06. The van der Waals surface area contributed by atoms with Gasteiger partial charge in [0.2, 0.25) is 11.0 Å². The van der Waals surface area contributed by atoms with Crippen LogP contribution >= 0.6 is 22.7 Å². The van der Waals surface area contributed by atoms with Crippen molar-refractivity contribution in [3.8, 4) is 10.6 Å². The molecule has 2 amide bonds. The Bertz CT molecular complexity index is 1380. The zero-order valence-electron chi connectivity index (χ0n) is 19.4. The molecular formula is C25H26N6O2S2. The third-order valence-corrected chi connectivity index (χ3v) is 8.04. The van der Waals surface area contributed by atoms with Crippen LogP contribution in [-0.4, -0.2) is 40.1 Å². The summed E-state index contributed by atoms with van der Waals surface area (Å²) in [5.74, 6) is -0.501. The Balaban J connectivity index is 1.55. The molecule has 0 radical (unpaired) electrons. The molecule has 8 nitrogen and oxygen atoms in total. The molecule has 3 N–H and O–H groups in total. The van der Waals surface area contributed by atoms with Crippen molar-refractivity contribution in [2.75, 3.05) is 23.3 Å². The van der Waals surface area contributed by atoms with Gasteiger partial charge in [-0.15, -0.1) is 21.5 Å². The number of amides is 2. The summed E-state index contributed by atoms with van der Waals surface area (Å²) in [6, 6.07) is 11.8. The average Bonchev–Trinajstić information content (AvgIpc) is 3.39. The first-order valence-corrected chi connectivity index (χ1v) is 13.3. The van der Waals surface area contributed by atoms with Gasteiger partial charge in [-0.3, -0.25) is 14.9 Å². The van der Waals surface area contributed by atoms with Crippen molar-refractivity contribution in [3.63, 3.8) is 0 Å². The molecule has 1 aliphatic rings. The van der Waals surface area contributed by atoms with Gasteiger partial charge < -0.3 is 10.6 Å². The molecule has 0 saturated carbocycles. The largest absolute Gasteiger partial charge is 0.329 e. The molecule has 1 aliphatic carbocycles. The van der Waals surface area contributed by atoms with Crippen LogP contribution in [0.15, 0.2) is 36.4 Å². The number of carbonyl (C=O) groups excluding carboxylic acids is 2. The summed E-state index contributed by atoms with van der Waals surface area (Å²) >= 11 is 2.61. The first-order chi connectivity index (χ1) is 17.0. The van der Waals surface area contributed by atoms with Crippen LogP contribution in [0, 0.1) is 0 Å². The van der Waals surface area contributed by atoms with E-state index in [1.807, 2.05) is 30.3 Å². The number of benzene rings is 1. The van der Waals surface area contributed by atoms with E-state index in [1.54, 1.807) is 4.90 Å². The van der Waals surface area contributed by atoms with E-state index in [0.717, 1.165) is 52.2 Å². The number of nitrogens with one attached hydrogen (secondary N) is 1. The number of fused-ring (bicyclic) bond motifs is 2. The van der Waals surface area contributed by atoms with Gasteiger partial charge >= 0.3 is 0 Å². The molecule has 5 rings (SSSR count). The van der Waals surface area contributed by atoms with E-state index in [4.69, 9.17) is 10.7 Å². The Kier molecular flexibility index (Phi) is 6.85. The van der Waals surface area contributed by atoms with Gasteiger partial charge in [0.05, 0.1) is 5.69 Å². The zero-order valence-corrected chi connectivity index (χ0v) is 21.0. The standard InChI is InChI=1S/C25H26N6O2S2/c1-15(32)31(13-12-26)20-18-14-17-10-6-3-7-11-19(17)27-24(18)34-21(20)22(33)28-25-30-29-23(35-25)16-8-4-2-5-9-16/h2,4-5,8-9,14H,3,6-7,10-13,26H2,1H3,(H,28,30,33). The molecule has 0 bridgehead atoms. The summed E-state index contributed by atoms with van der Waals surface area (Å²) in [7, 11) is 0. The van der Waals surface area contributed by atoms with Crippen LogP contribution in [0.2, 0.25) is 0 Å². The Labute approximate surface area is 211 Å². The van der Waals surface area contributed by atoms with E-state index in [9.17, 15) is 9.59 Å². The maximum atomic E-state index is 13.5. The summed E-state index contributed by atoms with van der Waals surface area (Å²) in [6.07, 6.45) is 5.31. The maximum absolute atomic E-state index is 13.5. The van der Waals surface area contributed by atoms with Crippen molar-refractivity contribution in [2.24, 2.45) is 5.73 Å². The van der Waals surface area contributed by atoms with Crippen LogP contribution in [0.25, 0.3) is 20.8 Å². The normalized spacial score (nSPS) is 13.3. The van der Waals surface area contributed by atoms with E-state index in [-0.39, 0.29) is 18.4 Å². The van der Waals surface area contributed by atoms with Crippen molar-refractivity contribution in [1.29, 1.82) is 0 Å². The van der Waals surface area contributed by atoms with E-state index in [2.05, 4.69) is 21.6 Å². The summed E-state index contributed by atoms with van der Waals surface area (Å²) in [4.78, 5) is 33.8. The van der Waals surface area contributed by atoms with Gasteiger partial charge in [0, 0.05) is 36.7 Å². The molecule has 1 aromatic carbocycles. The number of nitrogens with two attached hydrogens (primary N) is 1. The van der Waals surface area contributed by atoms with Crippen molar-refractivity contribution in [2.45, 2.75) is 39.0 Å². The topological polar surface area (TPSA) is 114 Å². The van der Waals surface area contributed by atoms with Crippen molar-refractivity contribution >= 4 is 55.5 Å². The quantitative estimate of drug-likeness (QED) is 0.368. The zero-order chi connectivity index (χ0) is 24.4. The number of nitrogens with zero attached hydrogens (tertiary/aromatic N) is 4. The molecule has 0 aliphatic heterocycles. The number of thiophene rings is 1. The molecule has 0 atom stereocenters. The lowest BCUT2D eigenvalue weighted by Gasteiger charge is -2.21. The van der Waals surface area contributed by atoms with Gasteiger partial charge in [-0.2, -0.15) is 0 Å². The number of hydrogen-bond acceptors (Lipinski definition) is 8. The molecule has 0 saturated heterocycles. The van der Waals surface area contributed by atoms with Gasteiger partial charge in [-0.25, -0.2) is 4.98 Å². The Morgan fingerprint density at radius 2 is 1.89 bits per heavy atom. The smallest absolute Gasteiger partial charge is 0.269 e. The van der Waals surface area contributed by atoms with Crippen LogP contribution in [-0.2, 0) is 17.6 Å². The predicted octanol–water partition coefficient (Wildman–Crippen LogP) is 4.65. The number of aromatic nitrogens is 3. The molecular weight excluding hydrogens is 480 g/mol. The van der Waals surface area contributed by atoms with Crippen LogP contribution in [0.3, 0.4) is 0 Å². The lowest BCUT2D eigenvalue weighted by Crippen LogP contribution is -2.34. The lowest BCUT2D eigenvalue weighted by atomic mass is 10.1. The molecule has 0 fully saturated rings. The molecule has 0 unspecified atom stereocenters. The SMILES string of the molecule is CC(=O)N(CCN)c1c(C(=O)Nc2nnc(-c3ccccc3)s2)sc2nc3c(cc12)CCCCC3. The first-order valence-electron chi connectivity index (χ1n) is 11.7. The third kappa shape index (κ3) is 4.82. The fraction of sp³-hybridized carbons (Fsp3) is 0.320. The molecule has 10 heteroatoms. The lowest BCUT2D eigenvalue weighted by molar-refractivity contribution is -0.116. The molecule has 4 aromatic rings. The van der Waals surface area contributed by atoms with Gasteiger partial charge in [0.15, 0.2) is 0 Å². The van der Waals surface area contributed by atoms with Crippen molar-refractivity contribution in [1.82, 2.24) is 15.2 Å². The Morgan fingerprint density at radius 3 is 2.66 bits per heavy atom. The predicted molar refractivity (Wildman–Crippen MR) is 141 cm³/mol. The highest BCUT2D eigenvalue weighted by Gasteiger charge is 2.27. The number of rotatable bonds is 6. The number of anilines is 2. The monoisotopic (exact) mass is 506 g/mol. The molecule has 0 spiro atoms. The van der Waals surface area contributed by atoms with Gasteiger partial charge in [-0.1, -0.05) is 48.1 Å². The Morgan fingerprint density at radius 1 is 1.09 bits per heavy atom. The number of pyridine rings is 1. The van der Waals surface area contributed by atoms with Crippen LogP contribution in [0.4, 0.5) is 10.8 Å². The van der Waals surface area contributed by atoms with Crippen LogP contribution in [0.5, 0.6) is 0 Å². The Hall–Kier alpha value is -3.21. The minimum absolute atomic E-state index is 0.165. The first kappa shape index (κ1) is 23.5. The molecule has 180 valence electrons. The van der Waals surface area contributed by atoms with Gasteiger partial charge in [0.1, 0.15) is 14.7 Å². The average molecular weight is 507 g/mol. The van der Waals surface area contributed by atoms with E-state index in [1.165, 1.54) is 41.6 Å². The summed E-state index contributed by atoms with van der Waals surface area (Å²) in [6.45, 7) is 2.09. The summed E-state index contributed by atoms with van der Waals surface area (Å²) in [5.41, 5.74) is 9.64. The second-order valence-electron chi connectivity index (χ2n) is 8.48. The highest BCUT2D eigenvalue weighted by atomic mass is 32.1. The van der Waals surface area contributed by atoms with Crippen molar-refractivity contribution in [3.05, 3.63) is 52.5 Å². The second-order valence-corrected chi connectivity index (χ2v) is 10.5. The number of carbonyl (C=O) groups is 2. The van der Waals surface area contributed by atoms with Crippen LogP contribution < -0.4 is 16.0 Å². The molecule has 3 heterocycles. The minimum Gasteiger partial charge on any atom is -0.329 e. The highest BCUT2D eigenvalue weighted by molar-refractivity contribution is 7.21. The van der Waals surface area contributed by atoms with Gasteiger partial charge in [-0.05, 0) is 37.3 Å². The highest BCUT2D eigenvalue weighted by Crippen LogP contribution is 2.40. The second kappa shape index (κ2) is 10.2. The van der Waals surface area contributed by atoms with Crippen molar-refractivity contribution < 1.29 is 9.59 Å². The fourth-order valence-corrected chi connectivity index (χ4v) is 6.23. The van der Waals surface area contributed by atoms with Crippen LogP contribution in [0.1, 0.15) is 47.1 Å². The fourth-order valence-electron chi connectivity index (χ4n) is 4.41. The molecule has 35 heavy (non-hydrogen) atoms. The summed E-state index contributed by atoms with van der Waals surface area (Å²) in [5, 5.41) is 13.2. The number of aryl methyl sites for hydroxylation is 2. The number of hydrogen-bond donors (Lipinski definition) is 2. The summed E-state index contributed by atoms with van der Waals surface area (Å²) < 4.78 is 0.